The Morgan fingerprint density at radius 3 is 2.56 bits per heavy atom. The first-order valence-corrected chi connectivity index (χ1v) is 9.54. The summed E-state index contributed by atoms with van der Waals surface area (Å²) in [5.74, 6) is 0.177. The molecular weight excluding hydrogens is 342 g/mol. The number of methoxy groups -OCH3 is 1. The predicted octanol–water partition coefficient (Wildman–Crippen LogP) is 1.56. The molecule has 0 bridgehead atoms. The summed E-state index contributed by atoms with van der Waals surface area (Å²) in [6.45, 7) is 0.320. The molecule has 0 unspecified atom stereocenters. The van der Waals surface area contributed by atoms with Crippen molar-refractivity contribution in [1.29, 1.82) is 0 Å². The topological polar surface area (TPSA) is 88.6 Å². The number of benzene rings is 1. The molecule has 8 heteroatoms. The van der Waals surface area contributed by atoms with Gasteiger partial charge in [0.25, 0.3) is 0 Å². The molecule has 0 saturated heterocycles. The zero-order valence-corrected chi connectivity index (χ0v) is 15.0. The number of hydrogen-bond donors (Lipinski definition) is 1. The van der Waals surface area contributed by atoms with Crippen LogP contribution in [0.5, 0.6) is 5.75 Å². The van der Waals surface area contributed by atoms with Gasteiger partial charge in [0.05, 0.1) is 31.3 Å². The van der Waals surface area contributed by atoms with Crippen molar-refractivity contribution in [2.75, 3.05) is 24.2 Å². The highest BCUT2D eigenvalue weighted by atomic mass is 32.2. The van der Waals surface area contributed by atoms with Crippen LogP contribution in [0.4, 0.5) is 5.69 Å². The average molecular weight is 363 g/mol. The summed E-state index contributed by atoms with van der Waals surface area (Å²) in [4.78, 5) is 16.2. The molecule has 0 aliphatic heterocycles. The molecule has 0 saturated carbocycles. The van der Waals surface area contributed by atoms with Gasteiger partial charge in [-0.15, -0.1) is 0 Å². The molecule has 2 rings (SSSR count). The van der Waals surface area contributed by atoms with E-state index in [0.717, 1.165) is 11.9 Å². The fraction of sp³-hybridized carbons (Fsp3) is 0.294. The molecule has 1 amide bonds. The fourth-order valence-corrected chi connectivity index (χ4v) is 3.22. The van der Waals surface area contributed by atoms with Gasteiger partial charge < -0.3 is 10.1 Å². The van der Waals surface area contributed by atoms with Crippen LogP contribution in [0, 0.1) is 0 Å². The van der Waals surface area contributed by atoms with E-state index in [1.807, 2.05) is 6.07 Å². The van der Waals surface area contributed by atoms with Crippen LogP contribution in [-0.4, -0.2) is 39.2 Å². The molecule has 1 aromatic carbocycles. The van der Waals surface area contributed by atoms with Gasteiger partial charge >= 0.3 is 0 Å². The number of aromatic nitrogens is 1. The Morgan fingerprint density at radius 2 is 1.92 bits per heavy atom. The molecular formula is C17H21N3O4S. The quantitative estimate of drug-likeness (QED) is 0.769. The van der Waals surface area contributed by atoms with E-state index in [1.54, 1.807) is 42.6 Å². The minimum atomic E-state index is -3.55. The average Bonchev–Trinajstić information content (AvgIpc) is 2.60. The molecule has 0 aliphatic rings. The maximum Gasteiger partial charge on any atom is 0.232 e. The van der Waals surface area contributed by atoms with Crippen LogP contribution in [0.1, 0.15) is 12.1 Å². The third kappa shape index (κ3) is 5.46. The Balaban J connectivity index is 2.02. The van der Waals surface area contributed by atoms with Crippen molar-refractivity contribution < 1.29 is 17.9 Å². The Hall–Kier alpha value is -2.61. The minimum Gasteiger partial charge on any atom is -0.495 e. The lowest BCUT2D eigenvalue weighted by atomic mass is 10.2. The van der Waals surface area contributed by atoms with Crippen molar-refractivity contribution >= 4 is 21.6 Å². The standard InChI is InChI=1S/C17H21N3O4S/c1-24-16-9-4-3-8-15(16)20(25(2,22)23)12-10-17(21)19-13-14-7-5-6-11-18-14/h3-9,11H,10,12-13H2,1-2H3,(H,19,21). The summed E-state index contributed by atoms with van der Waals surface area (Å²) < 4.78 is 30.6. The summed E-state index contributed by atoms with van der Waals surface area (Å²) in [5.41, 5.74) is 1.14. The minimum absolute atomic E-state index is 0.0211. The zero-order chi connectivity index (χ0) is 18.3. The second kappa shape index (κ2) is 8.48. The molecule has 0 spiro atoms. The SMILES string of the molecule is COc1ccccc1N(CCC(=O)NCc1ccccn1)S(C)(=O)=O. The van der Waals surface area contributed by atoms with Crippen LogP contribution < -0.4 is 14.4 Å². The largest absolute Gasteiger partial charge is 0.495 e. The summed E-state index contributed by atoms with van der Waals surface area (Å²) in [6.07, 6.45) is 2.78. The van der Waals surface area contributed by atoms with Gasteiger partial charge in [-0.25, -0.2) is 8.42 Å². The monoisotopic (exact) mass is 363 g/mol. The number of pyridine rings is 1. The Morgan fingerprint density at radius 1 is 1.20 bits per heavy atom. The van der Waals surface area contributed by atoms with Crippen molar-refractivity contribution in [3.63, 3.8) is 0 Å². The van der Waals surface area contributed by atoms with Gasteiger partial charge in [0.1, 0.15) is 5.75 Å². The normalized spacial score (nSPS) is 11.0. The van der Waals surface area contributed by atoms with Gasteiger partial charge in [-0.1, -0.05) is 18.2 Å². The van der Waals surface area contributed by atoms with Gasteiger partial charge in [0.15, 0.2) is 0 Å². The molecule has 1 N–H and O–H groups in total. The lowest BCUT2D eigenvalue weighted by Crippen LogP contribution is -2.34. The van der Waals surface area contributed by atoms with Gasteiger partial charge in [-0.3, -0.25) is 14.1 Å². The predicted molar refractivity (Wildman–Crippen MR) is 95.9 cm³/mol. The second-order valence-electron chi connectivity index (χ2n) is 5.35. The first kappa shape index (κ1) is 18.7. The number of hydrogen-bond acceptors (Lipinski definition) is 5. The number of anilines is 1. The maximum atomic E-state index is 12.1. The van der Waals surface area contributed by atoms with Crippen LogP contribution >= 0.6 is 0 Å². The maximum absolute atomic E-state index is 12.1. The third-order valence-corrected chi connectivity index (χ3v) is 4.67. The Labute approximate surface area is 147 Å². The van der Waals surface area contributed by atoms with E-state index in [1.165, 1.54) is 11.4 Å². The summed E-state index contributed by atoms with van der Waals surface area (Å²) in [6, 6.07) is 12.2. The van der Waals surface area contributed by atoms with Gasteiger partial charge in [0.2, 0.25) is 15.9 Å². The number of ether oxygens (including phenoxy) is 1. The summed E-state index contributed by atoms with van der Waals surface area (Å²) in [7, 11) is -2.08. The highest BCUT2D eigenvalue weighted by molar-refractivity contribution is 7.92. The number of sulfonamides is 1. The van der Waals surface area contributed by atoms with E-state index < -0.39 is 10.0 Å². The fourth-order valence-electron chi connectivity index (χ4n) is 2.28. The molecule has 2 aromatic rings. The van der Waals surface area contributed by atoms with Crippen LogP contribution in [0.2, 0.25) is 0 Å². The van der Waals surface area contributed by atoms with Gasteiger partial charge in [0, 0.05) is 19.2 Å². The summed E-state index contributed by atoms with van der Waals surface area (Å²) >= 11 is 0. The molecule has 0 atom stereocenters. The number of amides is 1. The molecule has 7 nitrogen and oxygen atoms in total. The number of rotatable bonds is 8. The van der Waals surface area contributed by atoms with Crippen LogP contribution in [0.3, 0.4) is 0 Å². The molecule has 0 aliphatic carbocycles. The van der Waals surface area contributed by atoms with Crippen molar-refractivity contribution in [3.8, 4) is 5.75 Å². The molecule has 134 valence electrons. The number of carbonyl (C=O) groups excluding carboxylic acids is 1. The van der Waals surface area contributed by atoms with Crippen molar-refractivity contribution in [3.05, 3.63) is 54.4 Å². The molecule has 1 aromatic heterocycles. The lowest BCUT2D eigenvalue weighted by Gasteiger charge is -2.24. The molecule has 25 heavy (non-hydrogen) atoms. The molecule has 0 fully saturated rings. The highest BCUT2D eigenvalue weighted by Crippen LogP contribution is 2.29. The van der Waals surface area contributed by atoms with E-state index in [2.05, 4.69) is 10.3 Å². The zero-order valence-electron chi connectivity index (χ0n) is 14.2. The summed E-state index contributed by atoms with van der Waals surface area (Å²) in [5, 5.41) is 2.73. The van der Waals surface area contributed by atoms with Crippen LogP contribution in [0.15, 0.2) is 48.7 Å². The number of para-hydroxylation sites is 2. The van der Waals surface area contributed by atoms with E-state index in [4.69, 9.17) is 4.74 Å². The van der Waals surface area contributed by atoms with E-state index in [-0.39, 0.29) is 18.9 Å². The van der Waals surface area contributed by atoms with Crippen molar-refractivity contribution in [1.82, 2.24) is 10.3 Å². The number of carbonyl (C=O) groups is 1. The van der Waals surface area contributed by atoms with E-state index in [0.29, 0.717) is 18.0 Å². The number of nitrogens with one attached hydrogen (secondary N) is 1. The van der Waals surface area contributed by atoms with E-state index in [9.17, 15) is 13.2 Å². The lowest BCUT2D eigenvalue weighted by molar-refractivity contribution is -0.121. The second-order valence-corrected chi connectivity index (χ2v) is 7.26. The number of nitrogens with zero attached hydrogens (tertiary/aromatic N) is 2. The third-order valence-electron chi connectivity index (χ3n) is 3.49. The van der Waals surface area contributed by atoms with Crippen LogP contribution in [-0.2, 0) is 21.4 Å². The Kier molecular flexibility index (Phi) is 6.35. The van der Waals surface area contributed by atoms with Crippen molar-refractivity contribution in [2.24, 2.45) is 0 Å². The first-order valence-electron chi connectivity index (χ1n) is 7.69. The Bertz CT molecular complexity index is 810. The smallest absolute Gasteiger partial charge is 0.232 e. The highest BCUT2D eigenvalue weighted by Gasteiger charge is 2.21. The molecule has 1 heterocycles. The van der Waals surface area contributed by atoms with Crippen molar-refractivity contribution in [2.45, 2.75) is 13.0 Å². The van der Waals surface area contributed by atoms with E-state index >= 15 is 0 Å². The first-order chi connectivity index (χ1) is 11.9. The molecule has 0 radical (unpaired) electrons. The van der Waals surface area contributed by atoms with Gasteiger partial charge in [-0.05, 0) is 24.3 Å². The van der Waals surface area contributed by atoms with Gasteiger partial charge in [-0.2, -0.15) is 0 Å². The van der Waals surface area contributed by atoms with Crippen LogP contribution in [0.25, 0.3) is 0 Å².